The molecule has 1 fully saturated rings. The first-order chi connectivity index (χ1) is 11.1. The first-order valence-electron chi connectivity index (χ1n) is 7.90. The van der Waals surface area contributed by atoms with Gasteiger partial charge in [0.2, 0.25) is 0 Å². The molecule has 2 atom stereocenters. The Balaban J connectivity index is 1.79. The minimum Gasteiger partial charge on any atom is -0.336 e. The van der Waals surface area contributed by atoms with Crippen molar-refractivity contribution < 1.29 is 4.79 Å². The fourth-order valence-electron chi connectivity index (χ4n) is 3.13. The van der Waals surface area contributed by atoms with Crippen LogP contribution in [-0.2, 0) is 6.54 Å². The highest BCUT2D eigenvalue weighted by atomic mass is 16.2. The lowest BCUT2D eigenvalue weighted by Gasteiger charge is -2.16. The quantitative estimate of drug-likeness (QED) is 0.932. The van der Waals surface area contributed by atoms with Gasteiger partial charge in [0, 0.05) is 49.4 Å². The highest BCUT2D eigenvalue weighted by molar-refractivity contribution is 5.94. The van der Waals surface area contributed by atoms with Crippen molar-refractivity contribution in [2.24, 2.45) is 5.73 Å². The zero-order valence-electron chi connectivity index (χ0n) is 13.2. The second kappa shape index (κ2) is 6.38. The summed E-state index contributed by atoms with van der Waals surface area (Å²) in [5, 5.41) is 0. The predicted octanol–water partition coefficient (Wildman–Crippen LogP) is 1.44. The summed E-state index contributed by atoms with van der Waals surface area (Å²) >= 11 is 0. The maximum absolute atomic E-state index is 12.6. The van der Waals surface area contributed by atoms with E-state index in [4.69, 9.17) is 5.73 Å². The van der Waals surface area contributed by atoms with Gasteiger partial charge in [0.25, 0.3) is 11.5 Å². The lowest BCUT2D eigenvalue weighted by Crippen LogP contribution is -2.33. The lowest BCUT2D eigenvalue weighted by atomic mass is 9.95. The Morgan fingerprint density at radius 3 is 2.61 bits per heavy atom. The third kappa shape index (κ3) is 3.05. The van der Waals surface area contributed by atoms with Gasteiger partial charge in [-0.25, -0.2) is 0 Å². The predicted molar refractivity (Wildman–Crippen MR) is 89.4 cm³/mol. The van der Waals surface area contributed by atoms with E-state index in [0.717, 1.165) is 5.56 Å². The molecule has 0 bridgehead atoms. The SMILES string of the molecule is CCn1ccc(C(=O)N2C[C@H](c3ccccc3)[C@@H](N)C2)cc1=O. The van der Waals surface area contributed by atoms with Crippen LogP contribution in [0.3, 0.4) is 0 Å². The Labute approximate surface area is 135 Å². The van der Waals surface area contributed by atoms with Gasteiger partial charge < -0.3 is 15.2 Å². The molecule has 2 aromatic rings. The third-order valence-corrected chi connectivity index (χ3v) is 4.46. The number of rotatable bonds is 3. The Hall–Kier alpha value is -2.40. The average molecular weight is 311 g/mol. The van der Waals surface area contributed by atoms with Crippen molar-refractivity contribution >= 4 is 5.91 Å². The number of nitrogens with two attached hydrogens (primary N) is 1. The van der Waals surface area contributed by atoms with Crippen LogP contribution >= 0.6 is 0 Å². The number of likely N-dealkylation sites (tertiary alicyclic amines) is 1. The summed E-state index contributed by atoms with van der Waals surface area (Å²) in [4.78, 5) is 26.3. The van der Waals surface area contributed by atoms with Crippen molar-refractivity contribution in [2.75, 3.05) is 13.1 Å². The Morgan fingerprint density at radius 2 is 1.96 bits per heavy atom. The zero-order chi connectivity index (χ0) is 16.4. The summed E-state index contributed by atoms with van der Waals surface area (Å²) in [6.07, 6.45) is 1.67. The molecule has 1 aromatic carbocycles. The smallest absolute Gasteiger partial charge is 0.254 e. The highest BCUT2D eigenvalue weighted by Gasteiger charge is 2.34. The Morgan fingerprint density at radius 1 is 1.22 bits per heavy atom. The van der Waals surface area contributed by atoms with E-state index >= 15 is 0 Å². The normalized spacial score (nSPS) is 20.7. The van der Waals surface area contributed by atoms with Crippen molar-refractivity contribution in [3.63, 3.8) is 0 Å². The maximum Gasteiger partial charge on any atom is 0.254 e. The number of pyridine rings is 1. The van der Waals surface area contributed by atoms with Crippen LogP contribution in [0, 0.1) is 0 Å². The summed E-state index contributed by atoms with van der Waals surface area (Å²) in [5.74, 6) is 0.00963. The van der Waals surface area contributed by atoms with Gasteiger partial charge in [-0.2, -0.15) is 0 Å². The molecule has 1 aromatic heterocycles. The van der Waals surface area contributed by atoms with Crippen molar-refractivity contribution in [2.45, 2.75) is 25.4 Å². The van der Waals surface area contributed by atoms with Crippen LogP contribution in [0.4, 0.5) is 0 Å². The number of hydrogen-bond acceptors (Lipinski definition) is 3. The standard InChI is InChI=1S/C18H21N3O2/c1-2-20-9-8-14(10-17(20)22)18(23)21-11-15(16(19)12-21)13-6-4-3-5-7-13/h3-10,15-16H,2,11-12,19H2,1H3/t15-,16+/m1/s1. The molecule has 23 heavy (non-hydrogen) atoms. The van der Waals surface area contributed by atoms with Crippen LogP contribution in [0.25, 0.3) is 0 Å². The third-order valence-electron chi connectivity index (χ3n) is 4.46. The van der Waals surface area contributed by atoms with Crippen molar-refractivity contribution in [1.29, 1.82) is 0 Å². The first-order valence-corrected chi connectivity index (χ1v) is 7.90. The average Bonchev–Trinajstić information content (AvgIpc) is 2.96. The number of nitrogens with zero attached hydrogens (tertiary/aromatic N) is 2. The van der Waals surface area contributed by atoms with E-state index in [0.29, 0.717) is 25.2 Å². The van der Waals surface area contributed by atoms with E-state index < -0.39 is 0 Å². The van der Waals surface area contributed by atoms with Crippen molar-refractivity contribution in [1.82, 2.24) is 9.47 Å². The Kier molecular flexibility index (Phi) is 4.30. The van der Waals surface area contributed by atoms with Gasteiger partial charge in [-0.1, -0.05) is 30.3 Å². The minimum absolute atomic E-state index is 0.0858. The minimum atomic E-state index is -0.151. The van der Waals surface area contributed by atoms with Gasteiger partial charge in [-0.05, 0) is 18.6 Å². The fraction of sp³-hybridized carbons (Fsp3) is 0.333. The van der Waals surface area contributed by atoms with Crippen molar-refractivity contribution in [3.8, 4) is 0 Å². The molecule has 2 N–H and O–H groups in total. The number of benzene rings is 1. The number of carbonyl (C=O) groups is 1. The lowest BCUT2D eigenvalue weighted by molar-refractivity contribution is 0.0789. The summed E-state index contributed by atoms with van der Waals surface area (Å²) in [6, 6.07) is 13.0. The number of amides is 1. The molecule has 120 valence electrons. The molecular formula is C18H21N3O2. The molecule has 0 saturated carbocycles. The van der Waals surface area contributed by atoms with Crippen LogP contribution in [0.1, 0.15) is 28.8 Å². The molecule has 1 amide bonds. The molecule has 5 nitrogen and oxygen atoms in total. The second-order valence-corrected chi connectivity index (χ2v) is 5.93. The second-order valence-electron chi connectivity index (χ2n) is 5.93. The summed E-state index contributed by atoms with van der Waals surface area (Å²) < 4.78 is 1.57. The maximum atomic E-state index is 12.6. The topological polar surface area (TPSA) is 68.3 Å². The molecule has 2 heterocycles. The molecule has 0 aliphatic carbocycles. The summed E-state index contributed by atoms with van der Waals surface area (Å²) in [5.41, 5.74) is 7.66. The molecule has 0 radical (unpaired) electrons. The Bertz CT molecular complexity index is 754. The van der Waals surface area contributed by atoms with Gasteiger partial charge in [0.1, 0.15) is 0 Å². The zero-order valence-corrected chi connectivity index (χ0v) is 13.2. The fourth-order valence-corrected chi connectivity index (χ4v) is 3.13. The van der Waals surface area contributed by atoms with E-state index in [1.807, 2.05) is 37.3 Å². The molecule has 1 saturated heterocycles. The van der Waals surface area contributed by atoms with Crippen LogP contribution in [-0.4, -0.2) is 34.5 Å². The molecule has 1 aliphatic rings. The molecular weight excluding hydrogens is 290 g/mol. The molecule has 3 rings (SSSR count). The molecule has 0 spiro atoms. The summed E-state index contributed by atoms with van der Waals surface area (Å²) in [7, 11) is 0. The highest BCUT2D eigenvalue weighted by Crippen LogP contribution is 2.27. The number of aromatic nitrogens is 1. The van der Waals surface area contributed by atoms with Crippen LogP contribution < -0.4 is 11.3 Å². The number of hydrogen-bond donors (Lipinski definition) is 1. The molecule has 5 heteroatoms. The molecule has 0 unspecified atom stereocenters. The van der Waals surface area contributed by atoms with E-state index in [2.05, 4.69) is 0 Å². The van der Waals surface area contributed by atoms with Crippen molar-refractivity contribution in [3.05, 3.63) is 70.1 Å². The van der Waals surface area contributed by atoms with E-state index in [1.54, 1.807) is 21.7 Å². The van der Waals surface area contributed by atoms with Gasteiger partial charge >= 0.3 is 0 Å². The van der Waals surface area contributed by atoms with Crippen LogP contribution in [0.5, 0.6) is 0 Å². The molecule has 1 aliphatic heterocycles. The van der Waals surface area contributed by atoms with E-state index in [-0.39, 0.29) is 23.4 Å². The van der Waals surface area contributed by atoms with E-state index in [9.17, 15) is 9.59 Å². The van der Waals surface area contributed by atoms with Gasteiger partial charge in [0.05, 0.1) is 0 Å². The van der Waals surface area contributed by atoms with Gasteiger partial charge in [-0.3, -0.25) is 9.59 Å². The van der Waals surface area contributed by atoms with Crippen LogP contribution in [0.15, 0.2) is 53.5 Å². The number of aryl methyl sites for hydroxylation is 1. The largest absolute Gasteiger partial charge is 0.336 e. The first kappa shape index (κ1) is 15.5. The monoisotopic (exact) mass is 311 g/mol. The van der Waals surface area contributed by atoms with E-state index in [1.165, 1.54) is 6.07 Å². The van der Waals surface area contributed by atoms with Gasteiger partial charge in [-0.15, -0.1) is 0 Å². The summed E-state index contributed by atoms with van der Waals surface area (Å²) in [6.45, 7) is 3.58. The number of carbonyl (C=O) groups excluding carboxylic acids is 1. The van der Waals surface area contributed by atoms with Crippen LogP contribution in [0.2, 0.25) is 0 Å². The van der Waals surface area contributed by atoms with Gasteiger partial charge in [0.15, 0.2) is 0 Å².